The van der Waals surface area contributed by atoms with Gasteiger partial charge in [-0.2, -0.15) is 0 Å². The number of aliphatic hydroxyl groups excluding tert-OH is 1. The molecule has 7 nitrogen and oxygen atoms in total. The van der Waals surface area contributed by atoms with E-state index in [1.807, 2.05) is 41.5 Å². The molecule has 1 heterocycles. The molecule has 1 aliphatic heterocycles. The van der Waals surface area contributed by atoms with E-state index in [0.717, 1.165) is 12.8 Å². The molecule has 1 atom stereocenters. The minimum Gasteiger partial charge on any atom is -0.444 e. The fraction of sp³-hybridized carbons (Fsp3) is 0.933. The molecule has 1 aliphatic rings. The van der Waals surface area contributed by atoms with Gasteiger partial charge in [-0.05, 0) is 54.4 Å². The smallest absolute Gasteiger partial charge is 0.410 e. The molecule has 0 aromatic carbocycles. The van der Waals surface area contributed by atoms with Crippen LogP contribution in [0.2, 0.25) is 0 Å². The van der Waals surface area contributed by atoms with E-state index in [4.69, 9.17) is 9.47 Å². The maximum Gasteiger partial charge on any atom is 0.410 e. The van der Waals surface area contributed by atoms with Crippen molar-refractivity contribution in [2.45, 2.75) is 78.0 Å². The molecule has 0 spiro atoms. The van der Waals surface area contributed by atoms with Crippen molar-refractivity contribution >= 4 is 6.09 Å². The predicted octanol–water partition coefficient (Wildman–Crippen LogP) is 1.57. The number of carbonyl (C=O) groups excluding carboxylic acids is 1. The van der Waals surface area contributed by atoms with Crippen molar-refractivity contribution in [3.8, 4) is 0 Å². The molecule has 0 aromatic heterocycles. The Morgan fingerprint density at radius 3 is 2.14 bits per heavy atom. The molecule has 1 amide bonds. The van der Waals surface area contributed by atoms with Gasteiger partial charge in [0, 0.05) is 19.1 Å². The second kappa shape index (κ2) is 7.59. The number of amides is 1. The normalized spacial score (nSPS) is 19.1. The first-order valence-electron chi connectivity index (χ1n) is 7.81. The standard InChI is InChI=1S/C15H31N3O4/c1-14(2,3)21-12(19)17-16-11-7-9-18(10-8-11)13(20)22-15(4,5)6/h11-12,16-17,19H,7-10H2,1-6H3. The average molecular weight is 317 g/mol. The molecule has 1 rings (SSSR count). The van der Waals surface area contributed by atoms with Gasteiger partial charge in [0.2, 0.25) is 6.41 Å². The van der Waals surface area contributed by atoms with E-state index in [0.29, 0.717) is 13.1 Å². The number of hydrogen-bond donors (Lipinski definition) is 3. The molecule has 0 aliphatic carbocycles. The molecular weight excluding hydrogens is 286 g/mol. The summed E-state index contributed by atoms with van der Waals surface area (Å²) in [6.07, 6.45) is 0.238. The van der Waals surface area contributed by atoms with Crippen LogP contribution in [0.4, 0.5) is 4.79 Å². The summed E-state index contributed by atoms with van der Waals surface area (Å²) in [6, 6.07) is 0.178. The summed E-state index contributed by atoms with van der Waals surface area (Å²) in [7, 11) is 0. The third-order valence-corrected chi connectivity index (χ3v) is 3.02. The zero-order valence-electron chi connectivity index (χ0n) is 14.6. The number of ether oxygens (including phenoxy) is 2. The first-order chi connectivity index (χ1) is 9.96. The number of likely N-dealkylation sites (tertiary alicyclic amines) is 1. The summed E-state index contributed by atoms with van der Waals surface area (Å²) in [5, 5.41) is 9.70. The highest BCUT2D eigenvalue weighted by molar-refractivity contribution is 5.68. The van der Waals surface area contributed by atoms with Gasteiger partial charge in [-0.3, -0.25) is 5.43 Å². The van der Waals surface area contributed by atoms with Crippen LogP contribution in [0.3, 0.4) is 0 Å². The third kappa shape index (κ3) is 7.93. The predicted molar refractivity (Wildman–Crippen MR) is 83.9 cm³/mol. The summed E-state index contributed by atoms with van der Waals surface area (Å²) in [5.41, 5.74) is 4.90. The van der Waals surface area contributed by atoms with E-state index in [9.17, 15) is 9.90 Å². The SMILES string of the molecule is CC(C)(C)OC(=O)N1CCC(NNC(O)OC(C)(C)C)CC1. The monoisotopic (exact) mass is 317 g/mol. The maximum absolute atomic E-state index is 12.0. The molecule has 22 heavy (non-hydrogen) atoms. The van der Waals surface area contributed by atoms with Gasteiger partial charge < -0.3 is 19.5 Å². The van der Waals surface area contributed by atoms with E-state index < -0.39 is 17.6 Å². The highest BCUT2D eigenvalue weighted by Gasteiger charge is 2.27. The maximum atomic E-state index is 12.0. The van der Waals surface area contributed by atoms with E-state index in [1.54, 1.807) is 4.90 Å². The molecule has 0 aromatic rings. The third-order valence-electron chi connectivity index (χ3n) is 3.02. The molecule has 1 fully saturated rings. The summed E-state index contributed by atoms with van der Waals surface area (Å²) < 4.78 is 10.7. The van der Waals surface area contributed by atoms with E-state index in [-0.39, 0.29) is 12.1 Å². The topological polar surface area (TPSA) is 83.1 Å². The van der Waals surface area contributed by atoms with Crippen molar-refractivity contribution in [1.82, 2.24) is 15.8 Å². The summed E-state index contributed by atoms with van der Waals surface area (Å²) in [5.74, 6) is 0. The first-order valence-corrected chi connectivity index (χ1v) is 7.81. The lowest BCUT2D eigenvalue weighted by molar-refractivity contribution is -0.188. The molecule has 130 valence electrons. The Bertz CT molecular complexity index is 355. The van der Waals surface area contributed by atoms with Crippen LogP contribution in [0.25, 0.3) is 0 Å². The molecule has 1 saturated heterocycles. The lowest BCUT2D eigenvalue weighted by Crippen LogP contribution is -2.53. The number of rotatable bonds is 4. The number of piperidine rings is 1. The van der Waals surface area contributed by atoms with Crippen LogP contribution in [0.15, 0.2) is 0 Å². The van der Waals surface area contributed by atoms with Crippen molar-refractivity contribution < 1.29 is 19.4 Å². The van der Waals surface area contributed by atoms with Crippen LogP contribution >= 0.6 is 0 Å². The van der Waals surface area contributed by atoms with Gasteiger partial charge in [0.15, 0.2) is 0 Å². The van der Waals surface area contributed by atoms with Crippen molar-refractivity contribution in [2.24, 2.45) is 0 Å². The van der Waals surface area contributed by atoms with Crippen molar-refractivity contribution in [3.63, 3.8) is 0 Å². The minimum atomic E-state index is -1.07. The average Bonchev–Trinajstić information content (AvgIpc) is 2.33. The molecule has 3 N–H and O–H groups in total. The number of hydrogen-bond acceptors (Lipinski definition) is 6. The van der Waals surface area contributed by atoms with Crippen molar-refractivity contribution in [1.29, 1.82) is 0 Å². The lowest BCUT2D eigenvalue weighted by atomic mass is 10.1. The van der Waals surface area contributed by atoms with Crippen LogP contribution in [0.5, 0.6) is 0 Å². The Morgan fingerprint density at radius 2 is 1.68 bits per heavy atom. The van der Waals surface area contributed by atoms with Crippen LogP contribution in [-0.4, -0.2) is 52.8 Å². The van der Waals surface area contributed by atoms with Crippen LogP contribution in [0, 0.1) is 0 Å². The van der Waals surface area contributed by atoms with Gasteiger partial charge >= 0.3 is 6.09 Å². The van der Waals surface area contributed by atoms with Gasteiger partial charge in [0.25, 0.3) is 0 Å². The molecular formula is C15H31N3O4. The molecule has 1 unspecified atom stereocenters. The van der Waals surface area contributed by atoms with E-state index in [2.05, 4.69) is 10.9 Å². The number of nitrogens with one attached hydrogen (secondary N) is 2. The van der Waals surface area contributed by atoms with Crippen LogP contribution in [0.1, 0.15) is 54.4 Å². The Labute approximate surface area is 133 Å². The quantitative estimate of drug-likeness (QED) is 0.539. The molecule has 0 saturated carbocycles. The molecule has 0 bridgehead atoms. The molecule has 7 heteroatoms. The Morgan fingerprint density at radius 1 is 1.14 bits per heavy atom. The highest BCUT2D eigenvalue weighted by atomic mass is 16.6. The summed E-state index contributed by atoms with van der Waals surface area (Å²) >= 11 is 0. The van der Waals surface area contributed by atoms with Gasteiger partial charge in [0.1, 0.15) is 5.60 Å². The van der Waals surface area contributed by atoms with Crippen LogP contribution in [-0.2, 0) is 9.47 Å². The number of carbonyl (C=O) groups is 1. The Kier molecular flexibility index (Phi) is 6.61. The molecule has 0 radical (unpaired) electrons. The fourth-order valence-corrected chi connectivity index (χ4v) is 2.09. The fourth-order valence-electron chi connectivity index (χ4n) is 2.09. The van der Waals surface area contributed by atoms with Crippen molar-refractivity contribution in [3.05, 3.63) is 0 Å². The number of nitrogens with zero attached hydrogens (tertiary/aromatic N) is 1. The zero-order chi connectivity index (χ0) is 17.0. The number of aliphatic hydroxyl groups is 1. The van der Waals surface area contributed by atoms with E-state index in [1.165, 1.54) is 0 Å². The number of hydrazine groups is 1. The minimum absolute atomic E-state index is 0.178. The summed E-state index contributed by atoms with van der Waals surface area (Å²) in [4.78, 5) is 13.7. The van der Waals surface area contributed by atoms with Crippen molar-refractivity contribution in [2.75, 3.05) is 13.1 Å². The lowest BCUT2D eigenvalue weighted by Gasteiger charge is -2.34. The van der Waals surface area contributed by atoms with Gasteiger partial charge in [-0.15, -0.1) is 0 Å². The van der Waals surface area contributed by atoms with Gasteiger partial charge in [0.05, 0.1) is 5.60 Å². The second-order valence-electron chi connectivity index (χ2n) is 7.61. The van der Waals surface area contributed by atoms with Gasteiger partial charge in [-0.25, -0.2) is 10.2 Å². The second-order valence-corrected chi connectivity index (χ2v) is 7.61. The van der Waals surface area contributed by atoms with Crippen LogP contribution < -0.4 is 10.9 Å². The Hall–Kier alpha value is -0.890. The van der Waals surface area contributed by atoms with E-state index >= 15 is 0 Å². The zero-order valence-corrected chi connectivity index (χ0v) is 14.6. The Balaban J connectivity index is 2.27. The largest absolute Gasteiger partial charge is 0.444 e. The first kappa shape index (κ1) is 19.2. The van der Waals surface area contributed by atoms with Gasteiger partial charge in [-0.1, -0.05) is 0 Å². The highest BCUT2D eigenvalue weighted by Crippen LogP contribution is 2.15. The summed E-state index contributed by atoms with van der Waals surface area (Å²) in [6.45, 7) is 12.5.